The van der Waals surface area contributed by atoms with Crippen LogP contribution in [0.4, 0.5) is 0 Å². The minimum atomic E-state index is -1.33. The van der Waals surface area contributed by atoms with Gasteiger partial charge >= 0.3 is 11.9 Å². The molecule has 0 aromatic heterocycles. The fourth-order valence-corrected chi connectivity index (χ4v) is 1.24. The van der Waals surface area contributed by atoms with E-state index in [0.29, 0.717) is 0 Å². The maximum atomic E-state index is 11.7. The van der Waals surface area contributed by atoms with E-state index in [1.54, 1.807) is 13.8 Å². The first-order valence-electron chi connectivity index (χ1n) is 6.51. The van der Waals surface area contributed by atoms with Gasteiger partial charge in [0.1, 0.15) is 6.04 Å². The Balaban J connectivity index is 4.52. The van der Waals surface area contributed by atoms with Crippen molar-refractivity contribution in [3.05, 3.63) is 12.2 Å². The van der Waals surface area contributed by atoms with E-state index in [9.17, 15) is 19.2 Å². The Bertz CT molecular complexity index is 461. The maximum absolute atomic E-state index is 11.7. The number of nitrogens with two attached hydrogens (primary N) is 1. The van der Waals surface area contributed by atoms with E-state index in [1.165, 1.54) is 0 Å². The van der Waals surface area contributed by atoms with Gasteiger partial charge in [-0.2, -0.15) is 0 Å². The number of methoxy groups -OCH3 is 1. The van der Waals surface area contributed by atoms with Crippen molar-refractivity contribution in [3.63, 3.8) is 0 Å². The third-order valence-corrected chi connectivity index (χ3v) is 2.69. The number of carboxylic acid groups (broad SMARTS) is 1. The number of amides is 2. The highest BCUT2D eigenvalue weighted by Crippen LogP contribution is 1.98. The van der Waals surface area contributed by atoms with Gasteiger partial charge in [-0.25, -0.2) is 9.59 Å². The molecule has 0 aliphatic heterocycles. The van der Waals surface area contributed by atoms with Crippen LogP contribution in [0.25, 0.3) is 0 Å². The van der Waals surface area contributed by atoms with Crippen LogP contribution in [0.5, 0.6) is 0 Å². The van der Waals surface area contributed by atoms with Crippen LogP contribution in [0.3, 0.4) is 0 Å². The predicted octanol–water partition coefficient (Wildman–Crippen LogP) is -1.62. The lowest BCUT2D eigenvalue weighted by Gasteiger charge is -2.19. The molecule has 2 atom stereocenters. The van der Waals surface area contributed by atoms with E-state index in [4.69, 9.17) is 10.8 Å². The molecular weight excluding hydrogens is 294 g/mol. The second-order valence-electron chi connectivity index (χ2n) is 4.77. The van der Waals surface area contributed by atoms with E-state index >= 15 is 0 Å². The molecule has 9 nitrogen and oxygen atoms in total. The van der Waals surface area contributed by atoms with Crippen LogP contribution in [-0.2, 0) is 23.9 Å². The van der Waals surface area contributed by atoms with Gasteiger partial charge in [-0.3, -0.25) is 9.59 Å². The van der Waals surface area contributed by atoms with Crippen molar-refractivity contribution in [2.24, 2.45) is 11.7 Å². The van der Waals surface area contributed by atoms with Gasteiger partial charge < -0.3 is 26.2 Å². The molecular formula is C13H21N3O6. The molecule has 0 saturated heterocycles. The summed E-state index contributed by atoms with van der Waals surface area (Å²) in [6, 6.07) is -2.18. The number of ether oxygens (including phenoxy) is 1. The Morgan fingerprint density at radius 1 is 1.23 bits per heavy atom. The van der Waals surface area contributed by atoms with Crippen molar-refractivity contribution >= 4 is 23.8 Å². The molecule has 0 radical (unpaired) electrons. The predicted molar refractivity (Wildman–Crippen MR) is 76.5 cm³/mol. The van der Waals surface area contributed by atoms with Gasteiger partial charge in [-0.05, 0) is 5.92 Å². The third kappa shape index (κ3) is 7.39. The highest BCUT2D eigenvalue weighted by atomic mass is 16.5. The number of carbonyl (C=O) groups is 4. The fourth-order valence-electron chi connectivity index (χ4n) is 1.24. The number of rotatable bonds is 8. The number of hydrogen-bond acceptors (Lipinski definition) is 6. The molecule has 0 bridgehead atoms. The standard InChI is InChI=1S/C13H21N3O6/c1-7(2)11(14)12(19)16-8(13(20)21)6-15-9(17)4-5-10(18)22-3/h4-5,7-8,11H,6,14H2,1-3H3,(H,15,17)(H,16,19)(H,20,21)/b5-4+/t8-,11+/m1/s1. The van der Waals surface area contributed by atoms with Gasteiger partial charge in [0.15, 0.2) is 0 Å². The molecule has 5 N–H and O–H groups in total. The van der Waals surface area contributed by atoms with Gasteiger partial charge in [0.2, 0.25) is 11.8 Å². The Kier molecular flexibility index (Phi) is 8.46. The Labute approximate surface area is 127 Å². The number of carboxylic acids is 1. The number of carbonyl (C=O) groups excluding carboxylic acids is 3. The van der Waals surface area contributed by atoms with Crippen LogP contribution in [0.15, 0.2) is 12.2 Å². The first-order chi connectivity index (χ1) is 10.2. The number of hydrogen-bond donors (Lipinski definition) is 4. The second kappa shape index (κ2) is 9.50. The van der Waals surface area contributed by atoms with Gasteiger partial charge in [-0.1, -0.05) is 13.8 Å². The lowest BCUT2D eigenvalue weighted by molar-refractivity contribution is -0.142. The number of aliphatic carboxylic acids is 1. The fraction of sp³-hybridized carbons (Fsp3) is 0.538. The van der Waals surface area contributed by atoms with E-state index < -0.39 is 35.8 Å². The van der Waals surface area contributed by atoms with Crippen molar-refractivity contribution in [3.8, 4) is 0 Å². The van der Waals surface area contributed by atoms with Gasteiger partial charge in [0.25, 0.3) is 0 Å². The molecule has 0 fully saturated rings. The molecule has 22 heavy (non-hydrogen) atoms. The maximum Gasteiger partial charge on any atom is 0.330 e. The molecule has 0 heterocycles. The summed E-state index contributed by atoms with van der Waals surface area (Å²) in [7, 11) is 1.15. The average Bonchev–Trinajstić information content (AvgIpc) is 2.47. The van der Waals surface area contributed by atoms with E-state index in [0.717, 1.165) is 19.3 Å². The molecule has 2 amide bonds. The molecule has 0 aliphatic carbocycles. The topological polar surface area (TPSA) is 148 Å². The van der Waals surface area contributed by atoms with Crippen LogP contribution < -0.4 is 16.4 Å². The quantitative estimate of drug-likeness (QED) is 0.311. The lowest BCUT2D eigenvalue weighted by atomic mass is 10.0. The Morgan fingerprint density at radius 2 is 1.82 bits per heavy atom. The summed E-state index contributed by atoms with van der Waals surface area (Å²) in [4.78, 5) is 44.9. The summed E-state index contributed by atoms with van der Waals surface area (Å²) in [6.45, 7) is 3.09. The molecule has 0 rings (SSSR count). The van der Waals surface area contributed by atoms with Crippen LogP contribution in [0.1, 0.15) is 13.8 Å². The number of nitrogens with one attached hydrogen (secondary N) is 2. The zero-order valence-corrected chi connectivity index (χ0v) is 12.7. The number of esters is 1. The monoisotopic (exact) mass is 315 g/mol. The summed E-state index contributed by atoms with van der Waals surface area (Å²) in [5.74, 6) is -3.52. The summed E-state index contributed by atoms with van der Waals surface area (Å²) in [6.07, 6.45) is 1.78. The van der Waals surface area contributed by atoms with Gasteiger partial charge in [0.05, 0.1) is 13.2 Å². The van der Waals surface area contributed by atoms with Crippen molar-refractivity contribution in [1.82, 2.24) is 10.6 Å². The van der Waals surface area contributed by atoms with Gasteiger partial charge in [-0.15, -0.1) is 0 Å². The summed E-state index contributed by atoms with van der Waals surface area (Å²) in [5, 5.41) is 13.5. The lowest BCUT2D eigenvalue weighted by Crippen LogP contribution is -2.53. The summed E-state index contributed by atoms with van der Waals surface area (Å²) < 4.78 is 4.30. The normalized spacial score (nSPS) is 13.5. The minimum Gasteiger partial charge on any atom is -0.480 e. The van der Waals surface area contributed by atoms with Crippen LogP contribution >= 0.6 is 0 Å². The van der Waals surface area contributed by atoms with Crippen LogP contribution in [0.2, 0.25) is 0 Å². The van der Waals surface area contributed by atoms with Crippen molar-refractivity contribution in [1.29, 1.82) is 0 Å². The van der Waals surface area contributed by atoms with E-state index in [-0.39, 0.29) is 12.5 Å². The smallest absolute Gasteiger partial charge is 0.330 e. The van der Waals surface area contributed by atoms with Crippen LogP contribution in [-0.4, -0.2) is 54.6 Å². The first kappa shape index (κ1) is 19.6. The molecule has 0 saturated carbocycles. The summed E-state index contributed by atoms with van der Waals surface area (Å²) >= 11 is 0. The van der Waals surface area contributed by atoms with Crippen molar-refractivity contribution in [2.75, 3.05) is 13.7 Å². The highest BCUT2D eigenvalue weighted by molar-refractivity contribution is 5.95. The molecule has 9 heteroatoms. The Hall–Kier alpha value is -2.42. The molecule has 124 valence electrons. The van der Waals surface area contributed by atoms with Gasteiger partial charge in [0, 0.05) is 18.7 Å². The zero-order chi connectivity index (χ0) is 17.3. The van der Waals surface area contributed by atoms with E-state index in [1.807, 2.05) is 0 Å². The SMILES string of the molecule is COC(=O)/C=C/C(=O)NC[C@@H](NC(=O)[C@@H](N)C(C)C)C(=O)O. The van der Waals surface area contributed by atoms with Crippen molar-refractivity contribution in [2.45, 2.75) is 25.9 Å². The van der Waals surface area contributed by atoms with E-state index in [2.05, 4.69) is 15.4 Å². The largest absolute Gasteiger partial charge is 0.480 e. The second-order valence-corrected chi connectivity index (χ2v) is 4.77. The van der Waals surface area contributed by atoms with Crippen LogP contribution in [0, 0.1) is 5.92 Å². The molecule has 0 aliphatic rings. The average molecular weight is 315 g/mol. The highest BCUT2D eigenvalue weighted by Gasteiger charge is 2.24. The first-order valence-corrected chi connectivity index (χ1v) is 6.51. The molecule has 0 aromatic rings. The molecule has 0 spiro atoms. The molecule has 0 unspecified atom stereocenters. The van der Waals surface area contributed by atoms with Crippen molar-refractivity contribution < 1.29 is 29.0 Å². The third-order valence-electron chi connectivity index (χ3n) is 2.69. The minimum absolute atomic E-state index is 0.160. The zero-order valence-electron chi connectivity index (χ0n) is 12.7. The Morgan fingerprint density at radius 3 is 2.27 bits per heavy atom. The summed E-state index contributed by atoms with van der Waals surface area (Å²) in [5.41, 5.74) is 5.61. The molecule has 0 aromatic carbocycles.